The molecule has 7 N–H and O–H groups in total. The molecule has 0 spiro atoms. The Kier molecular flexibility index (Phi) is 15.0. The average molecular weight is 1030 g/mol. The first kappa shape index (κ1) is 53.8. The summed E-state index contributed by atoms with van der Waals surface area (Å²) in [6.07, 6.45) is 7.14. The molecule has 5 aliphatic rings. The molecule has 398 valence electrons. The Morgan fingerprint density at radius 3 is 2.30 bits per heavy atom. The molecule has 1 saturated heterocycles. The summed E-state index contributed by atoms with van der Waals surface area (Å²) >= 11 is 0. The quantitative estimate of drug-likeness (QED) is 0.0544. The number of benzene rings is 2. The standard InChI is InChI=1S/C56H69FN4O13/c1-25-13-12-14-26(2)54(69)59-43-37(22-58-35-17-19-60(23-35)45-29(5)44-36(34-15-16-34)21-27(3)55(70)61(44)24-38(45)57)49(66)40-41(50(43)67)48(65)32(8)52-42(40)53(68)56(10,74-52)72-20-18-39(71-11)28(4)51(73-33(9)62)31(7)47(64)30(6)46(25)63/h12-14,18,20-21,24-25,28,30-31,34-35,39,46-47,51,58,63-67H,15-17,19,22-23H2,1-11H3,(H,59,69)/b13-12+,20-18+,26-14-/t25-,28+,30+,31+,35-,39-,46-,47+,51+,56-/m0/s1. The van der Waals surface area contributed by atoms with Crippen molar-refractivity contribution in [3.63, 3.8) is 0 Å². The van der Waals surface area contributed by atoms with Crippen molar-refractivity contribution >= 4 is 45.3 Å². The zero-order chi connectivity index (χ0) is 54.0. The molecule has 2 aromatic heterocycles. The summed E-state index contributed by atoms with van der Waals surface area (Å²) in [6.45, 7) is 16.6. The minimum absolute atomic E-state index is 0.0268. The van der Waals surface area contributed by atoms with Crippen LogP contribution in [-0.4, -0.2) is 104 Å². The first-order valence-electron chi connectivity index (χ1n) is 25.3. The van der Waals surface area contributed by atoms with Gasteiger partial charge in [-0.3, -0.25) is 23.6 Å². The number of carbonyl (C=O) groups excluding carboxylic acids is 3. The van der Waals surface area contributed by atoms with Gasteiger partial charge in [0, 0.05) is 98.0 Å². The van der Waals surface area contributed by atoms with Gasteiger partial charge in [0.1, 0.15) is 23.4 Å². The summed E-state index contributed by atoms with van der Waals surface area (Å²) in [5.74, 6) is -8.93. The molecule has 2 aromatic carbocycles. The van der Waals surface area contributed by atoms with Crippen LogP contribution in [0.4, 0.5) is 15.8 Å². The highest BCUT2D eigenvalue weighted by Crippen LogP contribution is 2.55. The zero-order valence-electron chi connectivity index (χ0n) is 43.8. The molecule has 18 heteroatoms. The Morgan fingerprint density at radius 1 is 0.932 bits per heavy atom. The Morgan fingerprint density at radius 2 is 1.64 bits per heavy atom. The van der Waals surface area contributed by atoms with E-state index >= 15 is 4.39 Å². The van der Waals surface area contributed by atoms with Crippen LogP contribution < -0.4 is 25.8 Å². The lowest BCUT2D eigenvalue weighted by Crippen LogP contribution is -2.46. The van der Waals surface area contributed by atoms with E-state index < -0.39 is 94.6 Å². The second-order valence-corrected chi connectivity index (χ2v) is 21.0. The van der Waals surface area contributed by atoms with Gasteiger partial charge in [0.05, 0.1) is 58.6 Å². The number of amides is 1. The smallest absolute Gasteiger partial charge is 0.312 e. The van der Waals surface area contributed by atoms with E-state index in [9.17, 15) is 44.7 Å². The normalized spacial score (nSPS) is 29.5. The molecule has 17 nitrogen and oxygen atoms in total. The van der Waals surface area contributed by atoms with Crippen LogP contribution in [0.3, 0.4) is 0 Å². The number of esters is 1. The molecular formula is C56H69FN4O13. The Hall–Kier alpha value is -6.47. The van der Waals surface area contributed by atoms with E-state index in [1.165, 1.54) is 63.8 Å². The van der Waals surface area contributed by atoms with Gasteiger partial charge >= 0.3 is 11.8 Å². The van der Waals surface area contributed by atoms with Crippen LogP contribution in [0, 0.1) is 50.3 Å². The molecule has 0 radical (unpaired) electrons. The molecule has 1 saturated carbocycles. The summed E-state index contributed by atoms with van der Waals surface area (Å²) in [5, 5.41) is 65.2. The first-order chi connectivity index (χ1) is 34.9. The number of fused-ring (bicyclic) bond motifs is 15. The molecule has 0 unspecified atom stereocenters. The number of hydrogen-bond donors (Lipinski definition) is 7. The maximum Gasteiger partial charge on any atom is 0.312 e. The van der Waals surface area contributed by atoms with Crippen molar-refractivity contribution < 1.29 is 63.3 Å². The number of Topliss-reactive ketones (excluding diaryl/α,β-unsaturated/α-hetero) is 1. The lowest BCUT2D eigenvalue weighted by molar-refractivity contribution is -0.160. The van der Waals surface area contributed by atoms with E-state index in [4.69, 9.17) is 18.9 Å². The number of nitrogens with zero attached hydrogens (tertiary/aromatic N) is 2. The minimum Gasteiger partial charge on any atom is -0.507 e. The SMILES string of the molecule is CO[C@H]1/C=C/O[C@@]2(C)Oc3c(C)c(O)c4c(O)c(c(CN[C@H]5CCN(c6c(F)cn7c(=O)c(C)cc(C8CC8)c7c6C)C5)c(O)c4c3C2=O)NC(=O)/C(C)=C\C=C\[C@H](C)[C@H](O)[C@@H](C)[C@@H](O)[C@@H](C)[C@H](OC(C)=O)[C@@H]1C. The second kappa shape index (κ2) is 20.7. The maximum absolute atomic E-state index is 16.2. The van der Waals surface area contributed by atoms with Crippen molar-refractivity contribution in [1.82, 2.24) is 9.72 Å². The number of aromatic hydroxyl groups is 3. The number of methoxy groups -OCH3 is 1. The molecule has 10 atom stereocenters. The number of carbonyl (C=O) groups is 3. The zero-order valence-corrected chi connectivity index (χ0v) is 43.8. The maximum atomic E-state index is 16.2. The van der Waals surface area contributed by atoms with Gasteiger partial charge in [-0.1, -0.05) is 45.9 Å². The van der Waals surface area contributed by atoms with Gasteiger partial charge in [-0.25, -0.2) is 4.39 Å². The van der Waals surface area contributed by atoms with Crippen LogP contribution >= 0.6 is 0 Å². The monoisotopic (exact) mass is 1020 g/mol. The Balaban J connectivity index is 1.19. The number of allylic oxidation sites excluding steroid dienone is 2. The van der Waals surface area contributed by atoms with E-state index in [1.807, 2.05) is 17.9 Å². The molecule has 1 aliphatic carbocycles. The van der Waals surface area contributed by atoms with Crippen molar-refractivity contribution in [2.24, 2.45) is 23.7 Å². The predicted molar refractivity (Wildman–Crippen MR) is 276 cm³/mol. The lowest BCUT2D eigenvalue weighted by Gasteiger charge is -2.38. The number of phenolic OH excluding ortho intramolecular Hbond substituents is 3. The number of phenols is 3. The summed E-state index contributed by atoms with van der Waals surface area (Å²) < 4.78 is 41.5. The molecule has 4 aromatic rings. The molecule has 1 amide bonds. The number of ether oxygens (including phenoxy) is 4. The molecule has 74 heavy (non-hydrogen) atoms. The van der Waals surface area contributed by atoms with Gasteiger partial charge in [-0.15, -0.1) is 0 Å². The molecule has 2 fully saturated rings. The average Bonchev–Trinajstić information content (AvgIpc) is 4.05. The van der Waals surface area contributed by atoms with Gasteiger partial charge in [0.2, 0.25) is 0 Å². The minimum atomic E-state index is -2.10. The number of rotatable bonds is 7. The van der Waals surface area contributed by atoms with Crippen molar-refractivity contribution in [1.29, 1.82) is 0 Å². The van der Waals surface area contributed by atoms with Crippen molar-refractivity contribution in [2.75, 3.05) is 30.4 Å². The number of ketones is 1. The van der Waals surface area contributed by atoms with Crippen LogP contribution in [0.25, 0.3) is 16.3 Å². The van der Waals surface area contributed by atoms with E-state index in [1.54, 1.807) is 46.8 Å². The summed E-state index contributed by atoms with van der Waals surface area (Å²) in [6, 6.07) is 1.58. The number of anilines is 2. The van der Waals surface area contributed by atoms with Gasteiger partial charge in [0.15, 0.2) is 11.6 Å². The largest absolute Gasteiger partial charge is 0.507 e. The van der Waals surface area contributed by atoms with Crippen LogP contribution in [0.15, 0.2) is 53.2 Å². The third-order valence-electron chi connectivity index (χ3n) is 15.8. The third kappa shape index (κ3) is 9.61. The van der Waals surface area contributed by atoms with E-state index in [-0.39, 0.29) is 62.6 Å². The van der Waals surface area contributed by atoms with E-state index in [0.29, 0.717) is 47.8 Å². The Labute approximate surface area is 429 Å². The number of hydrogen-bond acceptors (Lipinski definition) is 15. The fourth-order valence-electron chi connectivity index (χ4n) is 11.2. The number of aromatic nitrogens is 1. The fourth-order valence-corrected chi connectivity index (χ4v) is 11.2. The molecule has 5 bridgehead atoms. The van der Waals surface area contributed by atoms with E-state index in [0.717, 1.165) is 18.4 Å². The van der Waals surface area contributed by atoms with Gasteiger partial charge in [-0.05, 0) is 76.1 Å². The fraction of sp³-hybridized carbons (Fsp3) is 0.500. The van der Waals surface area contributed by atoms with Crippen molar-refractivity contribution in [2.45, 2.75) is 137 Å². The summed E-state index contributed by atoms with van der Waals surface area (Å²) in [4.78, 5) is 56.4. The number of pyridine rings is 2. The number of nitrogens with one attached hydrogen (secondary N) is 2. The highest BCUT2D eigenvalue weighted by atomic mass is 19.1. The van der Waals surface area contributed by atoms with Gasteiger partial charge < -0.3 is 60.0 Å². The van der Waals surface area contributed by atoms with Crippen molar-refractivity contribution in [3.8, 4) is 23.0 Å². The topological polar surface area (TPSA) is 238 Å². The van der Waals surface area contributed by atoms with Crippen LogP contribution in [0.2, 0.25) is 0 Å². The van der Waals surface area contributed by atoms with Crippen LogP contribution in [-0.2, 0) is 30.3 Å². The van der Waals surface area contributed by atoms with Gasteiger partial charge in [0.25, 0.3) is 17.2 Å². The number of halogens is 1. The van der Waals surface area contributed by atoms with Crippen molar-refractivity contribution in [3.05, 3.63) is 98.0 Å². The molecule has 4 aliphatic heterocycles. The number of aliphatic hydroxyl groups excluding tert-OH is 2. The predicted octanol–water partition coefficient (Wildman–Crippen LogP) is 7.37. The molecular weight excluding hydrogens is 956 g/mol. The van der Waals surface area contributed by atoms with Crippen LogP contribution in [0.1, 0.15) is 112 Å². The molecule has 6 heterocycles. The third-order valence-corrected chi connectivity index (χ3v) is 15.8. The number of aliphatic hydroxyl groups is 2. The first-order valence-corrected chi connectivity index (χ1v) is 25.3. The second-order valence-electron chi connectivity index (χ2n) is 21.0. The van der Waals surface area contributed by atoms with Crippen LogP contribution in [0.5, 0.6) is 23.0 Å². The van der Waals surface area contributed by atoms with E-state index in [2.05, 4.69) is 10.6 Å². The summed E-state index contributed by atoms with van der Waals surface area (Å²) in [7, 11) is 1.43. The van der Waals surface area contributed by atoms with Gasteiger partial charge in [-0.2, -0.15) is 0 Å². The summed E-state index contributed by atoms with van der Waals surface area (Å²) in [5.41, 5.74) is 2.69. The highest BCUT2D eigenvalue weighted by Gasteiger charge is 2.50. The molecule has 9 rings (SSSR count). The lowest BCUT2D eigenvalue weighted by atomic mass is 9.78. The Bertz CT molecular complexity index is 3090. The highest BCUT2D eigenvalue weighted by molar-refractivity contribution is 6.22. The number of aryl methyl sites for hydroxylation is 2.